The van der Waals surface area contributed by atoms with Crippen LogP contribution in [0.25, 0.3) is 27.7 Å². The molecule has 0 saturated carbocycles. The molecule has 1 saturated heterocycles. The van der Waals surface area contributed by atoms with Gasteiger partial charge >= 0.3 is 0 Å². The maximum absolute atomic E-state index is 6.26. The fourth-order valence-electron chi connectivity index (χ4n) is 3.99. The first-order chi connectivity index (χ1) is 14.0. The molecule has 0 atom stereocenters. The van der Waals surface area contributed by atoms with E-state index in [0.29, 0.717) is 6.61 Å². The van der Waals surface area contributed by atoms with Crippen molar-refractivity contribution in [2.75, 3.05) is 24.6 Å². The van der Waals surface area contributed by atoms with Crippen molar-refractivity contribution < 1.29 is 4.74 Å². The van der Waals surface area contributed by atoms with E-state index in [1.165, 1.54) is 0 Å². The highest BCUT2D eigenvalue weighted by Gasteiger charge is 2.26. The number of pyridine rings is 2. The number of nitrogens with two attached hydrogens (primary N) is 1. The zero-order chi connectivity index (χ0) is 20.0. The van der Waals surface area contributed by atoms with Gasteiger partial charge in [0.25, 0.3) is 0 Å². The van der Waals surface area contributed by atoms with Crippen molar-refractivity contribution >= 4 is 22.4 Å². The number of ether oxygens (including phenoxy) is 1. The largest absolute Gasteiger partial charge is 0.492 e. The molecule has 0 spiro atoms. The Morgan fingerprint density at radius 1 is 1.24 bits per heavy atom. The Bertz CT molecular complexity index is 1150. The Morgan fingerprint density at radius 2 is 2.07 bits per heavy atom. The summed E-state index contributed by atoms with van der Waals surface area (Å²) in [6.45, 7) is 6.56. The van der Waals surface area contributed by atoms with Gasteiger partial charge in [-0.1, -0.05) is 0 Å². The van der Waals surface area contributed by atoms with Gasteiger partial charge in [0.15, 0.2) is 5.65 Å². The van der Waals surface area contributed by atoms with Crippen LogP contribution in [0.1, 0.15) is 26.7 Å². The van der Waals surface area contributed by atoms with Crippen LogP contribution in [0.15, 0.2) is 36.8 Å². The quantitative estimate of drug-likeness (QED) is 0.555. The van der Waals surface area contributed by atoms with Crippen LogP contribution in [0.5, 0.6) is 5.75 Å². The summed E-state index contributed by atoms with van der Waals surface area (Å²) in [7, 11) is 0. The summed E-state index contributed by atoms with van der Waals surface area (Å²) in [5.41, 5.74) is 9.97. The van der Waals surface area contributed by atoms with E-state index < -0.39 is 0 Å². The van der Waals surface area contributed by atoms with Crippen LogP contribution in [0, 0.1) is 0 Å². The molecular weight excluding hydrogens is 366 g/mol. The molecule has 1 fully saturated rings. The Kier molecular flexibility index (Phi) is 4.16. The first-order valence-corrected chi connectivity index (χ1v) is 10.0. The highest BCUT2D eigenvalue weighted by molar-refractivity contribution is 6.00. The lowest BCUT2D eigenvalue weighted by atomic mass is 9.91. The lowest BCUT2D eigenvalue weighted by molar-refractivity contribution is 0.338. The summed E-state index contributed by atoms with van der Waals surface area (Å²) < 4.78 is 7.61. The highest BCUT2D eigenvalue weighted by atomic mass is 16.5. The molecule has 1 aliphatic rings. The van der Waals surface area contributed by atoms with Gasteiger partial charge in [0.1, 0.15) is 11.6 Å². The van der Waals surface area contributed by atoms with E-state index in [-0.39, 0.29) is 5.54 Å². The monoisotopic (exact) mass is 391 g/mol. The van der Waals surface area contributed by atoms with E-state index in [0.717, 1.165) is 65.2 Å². The van der Waals surface area contributed by atoms with E-state index in [2.05, 4.69) is 39.3 Å². The smallest absolute Gasteiger partial charge is 0.178 e. The molecule has 0 amide bonds. The number of fused-ring (bicyclic) bond motifs is 3. The molecular formula is C21H25N7O. The van der Waals surface area contributed by atoms with Gasteiger partial charge in [-0.15, -0.1) is 5.10 Å². The van der Waals surface area contributed by atoms with Gasteiger partial charge in [0.05, 0.1) is 29.9 Å². The molecule has 3 N–H and O–H groups in total. The summed E-state index contributed by atoms with van der Waals surface area (Å²) in [6.07, 6.45) is 7.58. The van der Waals surface area contributed by atoms with Gasteiger partial charge < -0.3 is 15.4 Å². The second-order valence-corrected chi connectivity index (χ2v) is 7.99. The SMILES string of the molecule is CCOc1cc(-c2ccc(N3CCC(C)(N)CC3)nc2)c2c3cn[nH]c3nn2c1. The first kappa shape index (κ1) is 17.9. The fraction of sp³-hybridized carbons (Fsp3) is 0.381. The Labute approximate surface area is 168 Å². The lowest BCUT2D eigenvalue weighted by Crippen LogP contribution is -2.48. The van der Waals surface area contributed by atoms with Crippen LogP contribution in [0.4, 0.5) is 5.82 Å². The van der Waals surface area contributed by atoms with Crippen LogP contribution in [0.2, 0.25) is 0 Å². The maximum Gasteiger partial charge on any atom is 0.178 e. The predicted octanol–water partition coefficient (Wildman–Crippen LogP) is 2.99. The van der Waals surface area contributed by atoms with Crippen molar-refractivity contribution in [1.29, 1.82) is 0 Å². The number of rotatable bonds is 4. The second-order valence-electron chi connectivity index (χ2n) is 7.99. The highest BCUT2D eigenvalue weighted by Crippen LogP contribution is 2.33. The summed E-state index contributed by atoms with van der Waals surface area (Å²) >= 11 is 0. The number of nitrogens with zero attached hydrogens (tertiary/aromatic N) is 5. The molecule has 4 aromatic rings. The number of piperidine rings is 1. The maximum atomic E-state index is 6.26. The summed E-state index contributed by atoms with van der Waals surface area (Å²) in [5, 5.41) is 12.6. The second kappa shape index (κ2) is 6.73. The van der Waals surface area contributed by atoms with Gasteiger partial charge in [0.2, 0.25) is 0 Å². The van der Waals surface area contributed by atoms with Gasteiger partial charge in [-0.2, -0.15) is 5.10 Å². The zero-order valence-electron chi connectivity index (χ0n) is 16.7. The number of anilines is 1. The van der Waals surface area contributed by atoms with Crippen molar-refractivity contribution in [2.45, 2.75) is 32.2 Å². The number of hydrogen-bond acceptors (Lipinski definition) is 6. The Morgan fingerprint density at radius 3 is 2.79 bits per heavy atom. The topological polar surface area (TPSA) is 97.4 Å². The number of aromatic nitrogens is 5. The van der Waals surface area contributed by atoms with Crippen LogP contribution >= 0.6 is 0 Å². The molecule has 5 rings (SSSR count). The van der Waals surface area contributed by atoms with Crippen molar-refractivity contribution in [3.8, 4) is 16.9 Å². The van der Waals surface area contributed by atoms with E-state index >= 15 is 0 Å². The lowest BCUT2D eigenvalue weighted by Gasteiger charge is -2.37. The average Bonchev–Trinajstić information content (AvgIpc) is 3.29. The Balaban J connectivity index is 1.54. The van der Waals surface area contributed by atoms with E-state index in [4.69, 9.17) is 15.5 Å². The molecule has 1 aliphatic heterocycles. The van der Waals surface area contributed by atoms with Crippen molar-refractivity contribution in [3.63, 3.8) is 0 Å². The molecule has 4 aromatic heterocycles. The van der Waals surface area contributed by atoms with Crippen LogP contribution in [-0.4, -0.2) is 50.0 Å². The molecule has 8 nitrogen and oxygen atoms in total. The Hall–Kier alpha value is -3.13. The molecule has 0 aromatic carbocycles. The molecule has 0 aliphatic carbocycles. The van der Waals surface area contributed by atoms with Crippen LogP contribution in [0.3, 0.4) is 0 Å². The third-order valence-electron chi connectivity index (χ3n) is 5.70. The minimum Gasteiger partial charge on any atom is -0.492 e. The third-order valence-corrected chi connectivity index (χ3v) is 5.70. The van der Waals surface area contributed by atoms with Crippen LogP contribution < -0.4 is 15.4 Å². The number of H-pyrrole nitrogens is 1. The van der Waals surface area contributed by atoms with Gasteiger partial charge in [-0.05, 0) is 44.9 Å². The van der Waals surface area contributed by atoms with E-state index in [9.17, 15) is 0 Å². The van der Waals surface area contributed by atoms with Crippen molar-refractivity contribution in [2.24, 2.45) is 5.73 Å². The van der Waals surface area contributed by atoms with Gasteiger partial charge in [-0.25, -0.2) is 9.50 Å². The van der Waals surface area contributed by atoms with Crippen LogP contribution in [-0.2, 0) is 0 Å². The number of hydrogen-bond donors (Lipinski definition) is 2. The standard InChI is InChI=1S/C21H25N7O/c1-3-29-15-10-16(19-17-12-24-25-20(17)26-28(19)13-15)14-4-5-18(23-11-14)27-8-6-21(2,22)7-9-27/h4-5,10-13H,3,6-9,22H2,1-2H3,(H,25,26). The number of aromatic amines is 1. The number of nitrogens with one attached hydrogen (secondary N) is 1. The molecule has 8 heteroatoms. The molecule has 150 valence electrons. The van der Waals surface area contributed by atoms with Crippen molar-refractivity contribution in [1.82, 2.24) is 24.8 Å². The predicted molar refractivity (Wildman–Crippen MR) is 113 cm³/mol. The first-order valence-electron chi connectivity index (χ1n) is 10.0. The fourth-order valence-corrected chi connectivity index (χ4v) is 3.99. The molecule has 29 heavy (non-hydrogen) atoms. The van der Waals surface area contributed by atoms with E-state index in [1.54, 1.807) is 6.20 Å². The molecule has 0 bridgehead atoms. The molecule has 5 heterocycles. The van der Waals surface area contributed by atoms with Gasteiger partial charge in [0, 0.05) is 36.0 Å². The molecule has 0 radical (unpaired) electrons. The third kappa shape index (κ3) is 3.19. The minimum atomic E-state index is -0.0697. The zero-order valence-corrected chi connectivity index (χ0v) is 16.7. The van der Waals surface area contributed by atoms with Crippen molar-refractivity contribution in [3.05, 3.63) is 36.8 Å². The molecule has 0 unspecified atom stereocenters. The summed E-state index contributed by atoms with van der Waals surface area (Å²) in [4.78, 5) is 7.06. The van der Waals surface area contributed by atoms with Gasteiger partial charge in [-0.3, -0.25) is 5.10 Å². The normalized spacial score (nSPS) is 16.6. The average molecular weight is 391 g/mol. The summed E-state index contributed by atoms with van der Waals surface area (Å²) in [5.74, 6) is 1.76. The van der Waals surface area contributed by atoms with E-state index in [1.807, 2.05) is 29.9 Å². The summed E-state index contributed by atoms with van der Waals surface area (Å²) in [6, 6.07) is 6.24. The minimum absolute atomic E-state index is 0.0697.